The first-order chi connectivity index (χ1) is 12.0. The van der Waals surface area contributed by atoms with E-state index in [0.717, 1.165) is 0 Å². The van der Waals surface area contributed by atoms with E-state index in [1.54, 1.807) is 31.2 Å². The molecule has 0 aliphatic carbocycles. The lowest BCUT2D eigenvalue weighted by molar-refractivity contribution is 0.0601. The molecule has 0 saturated carbocycles. The van der Waals surface area contributed by atoms with Crippen molar-refractivity contribution in [3.63, 3.8) is 0 Å². The van der Waals surface area contributed by atoms with E-state index in [1.807, 2.05) is 0 Å². The number of benzene rings is 2. The van der Waals surface area contributed by atoms with Gasteiger partial charge in [0.15, 0.2) is 0 Å². The zero-order valence-electron chi connectivity index (χ0n) is 13.7. The van der Waals surface area contributed by atoms with E-state index < -0.39 is 11.8 Å². The Morgan fingerprint density at radius 3 is 2.40 bits per heavy atom. The standard InChI is InChI=1S/C19H15FN2O3/c1-11-9-17(22-18(23)12-3-6-14(20)7-4-12)15-10-13(19(24)25-2)5-8-16(15)21-11/h3-10H,1-2H3,(H,21,22,23). The van der Waals surface area contributed by atoms with Gasteiger partial charge in [0, 0.05) is 16.6 Å². The van der Waals surface area contributed by atoms with Gasteiger partial charge in [0.25, 0.3) is 5.91 Å². The SMILES string of the molecule is COC(=O)c1ccc2nc(C)cc(NC(=O)c3ccc(F)cc3)c2c1. The summed E-state index contributed by atoms with van der Waals surface area (Å²) in [5, 5.41) is 3.41. The molecule has 1 N–H and O–H groups in total. The largest absolute Gasteiger partial charge is 0.465 e. The maximum absolute atomic E-state index is 13.0. The summed E-state index contributed by atoms with van der Waals surface area (Å²) >= 11 is 0. The van der Waals surface area contributed by atoms with Crippen LogP contribution in [0.15, 0.2) is 48.5 Å². The lowest BCUT2D eigenvalue weighted by atomic mass is 10.1. The number of anilines is 1. The Kier molecular flexibility index (Phi) is 4.43. The molecule has 0 fully saturated rings. The van der Waals surface area contributed by atoms with Crippen LogP contribution in [0.25, 0.3) is 10.9 Å². The molecule has 3 aromatic rings. The molecule has 0 aliphatic rings. The third-order valence-electron chi connectivity index (χ3n) is 3.71. The van der Waals surface area contributed by atoms with Gasteiger partial charge >= 0.3 is 5.97 Å². The predicted octanol–water partition coefficient (Wildman–Crippen LogP) is 3.72. The van der Waals surface area contributed by atoms with Crippen molar-refractivity contribution in [1.29, 1.82) is 0 Å². The normalized spacial score (nSPS) is 10.5. The number of ether oxygens (including phenoxy) is 1. The summed E-state index contributed by atoms with van der Waals surface area (Å²) in [5.74, 6) is -1.27. The monoisotopic (exact) mass is 338 g/mol. The predicted molar refractivity (Wildman–Crippen MR) is 92.2 cm³/mol. The highest BCUT2D eigenvalue weighted by atomic mass is 19.1. The van der Waals surface area contributed by atoms with Crippen molar-refractivity contribution in [3.05, 3.63) is 71.2 Å². The first-order valence-corrected chi connectivity index (χ1v) is 7.54. The Labute approximate surface area is 143 Å². The summed E-state index contributed by atoms with van der Waals surface area (Å²) in [6, 6.07) is 11.9. The lowest BCUT2D eigenvalue weighted by Crippen LogP contribution is -2.13. The van der Waals surface area contributed by atoms with E-state index in [2.05, 4.69) is 10.3 Å². The number of pyridine rings is 1. The zero-order valence-corrected chi connectivity index (χ0v) is 13.7. The fourth-order valence-corrected chi connectivity index (χ4v) is 2.50. The van der Waals surface area contributed by atoms with E-state index in [9.17, 15) is 14.0 Å². The van der Waals surface area contributed by atoms with Crippen LogP contribution in [0.3, 0.4) is 0 Å². The second kappa shape index (κ2) is 6.68. The first-order valence-electron chi connectivity index (χ1n) is 7.54. The van der Waals surface area contributed by atoms with Gasteiger partial charge in [-0.25, -0.2) is 9.18 Å². The minimum atomic E-state index is -0.474. The van der Waals surface area contributed by atoms with Crippen LogP contribution in [0, 0.1) is 12.7 Å². The van der Waals surface area contributed by atoms with Crippen LogP contribution in [0.1, 0.15) is 26.4 Å². The maximum atomic E-state index is 13.0. The molecule has 0 bridgehead atoms. The van der Waals surface area contributed by atoms with Crippen LogP contribution in [-0.2, 0) is 4.74 Å². The van der Waals surface area contributed by atoms with Crippen molar-refractivity contribution in [1.82, 2.24) is 4.98 Å². The average molecular weight is 338 g/mol. The number of esters is 1. The van der Waals surface area contributed by atoms with Crippen LogP contribution in [0.5, 0.6) is 0 Å². The highest BCUT2D eigenvalue weighted by Gasteiger charge is 2.13. The van der Waals surface area contributed by atoms with Gasteiger partial charge in [0.05, 0.1) is 23.9 Å². The smallest absolute Gasteiger partial charge is 0.337 e. The van der Waals surface area contributed by atoms with E-state index in [4.69, 9.17) is 4.74 Å². The molecule has 0 radical (unpaired) electrons. The molecular weight excluding hydrogens is 323 g/mol. The minimum Gasteiger partial charge on any atom is -0.465 e. The molecule has 0 spiro atoms. The Hall–Kier alpha value is -3.28. The van der Waals surface area contributed by atoms with Gasteiger partial charge in [-0.2, -0.15) is 0 Å². The molecule has 2 aromatic carbocycles. The number of rotatable bonds is 3. The van der Waals surface area contributed by atoms with E-state index in [1.165, 1.54) is 31.4 Å². The number of hydrogen-bond donors (Lipinski definition) is 1. The second-order valence-corrected chi connectivity index (χ2v) is 5.50. The molecule has 1 heterocycles. The van der Waals surface area contributed by atoms with Crippen molar-refractivity contribution < 1.29 is 18.7 Å². The molecule has 25 heavy (non-hydrogen) atoms. The lowest BCUT2D eigenvalue weighted by Gasteiger charge is -2.11. The van der Waals surface area contributed by atoms with E-state index in [0.29, 0.717) is 33.4 Å². The van der Waals surface area contributed by atoms with Crippen molar-refractivity contribution in [2.45, 2.75) is 6.92 Å². The molecule has 3 rings (SSSR count). The van der Waals surface area contributed by atoms with Crippen LogP contribution in [0.4, 0.5) is 10.1 Å². The topological polar surface area (TPSA) is 68.3 Å². The highest BCUT2D eigenvalue weighted by Crippen LogP contribution is 2.25. The molecule has 5 nitrogen and oxygen atoms in total. The van der Waals surface area contributed by atoms with Gasteiger partial charge in [-0.3, -0.25) is 9.78 Å². The number of fused-ring (bicyclic) bond motifs is 1. The van der Waals surface area contributed by atoms with Crippen LogP contribution >= 0.6 is 0 Å². The number of carbonyl (C=O) groups is 2. The molecule has 6 heteroatoms. The summed E-state index contributed by atoms with van der Waals surface area (Å²) in [7, 11) is 1.30. The van der Waals surface area contributed by atoms with Crippen molar-refractivity contribution in [3.8, 4) is 0 Å². The van der Waals surface area contributed by atoms with Gasteiger partial charge in [0.2, 0.25) is 0 Å². The zero-order chi connectivity index (χ0) is 18.0. The summed E-state index contributed by atoms with van der Waals surface area (Å²) in [4.78, 5) is 28.6. The number of amides is 1. The average Bonchev–Trinajstić information content (AvgIpc) is 2.61. The molecule has 0 saturated heterocycles. The molecule has 0 unspecified atom stereocenters. The Balaban J connectivity index is 2.03. The third-order valence-corrected chi connectivity index (χ3v) is 3.71. The molecule has 0 atom stereocenters. The van der Waals surface area contributed by atoms with Gasteiger partial charge in [0.1, 0.15) is 5.82 Å². The second-order valence-electron chi connectivity index (χ2n) is 5.50. The summed E-state index contributed by atoms with van der Waals surface area (Å²) in [6.45, 7) is 1.81. The molecule has 1 amide bonds. The Bertz CT molecular complexity index is 968. The van der Waals surface area contributed by atoms with Crippen molar-refractivity contribution >= 4 is 28.5 Å². The Morgan fingerprint density at radius 1 is 1.04 bits per heavy atom. The number of methoxy groups -OCH3 is 1. The van der Waals surface area contributed by atoms with Crippen LogP contribution < -0.4 is 5.32 Å². The molecule has 1 aromatic heterocycles. The van der Waals surface area contributed by atoms with Crippen molar-refractivity contribution in [2.75, 3.05) is 12.4 Å². The number of aryl methyl sites for hydroxylation is 1. The third kappa shape index (κ3) is 3.47. The van der Waals surface area contributed by atoms with Crippen LogP contribution in [-0.4, -0.2) is 24.0 Å². The Morgan fingerprint density at radius 2 is 1.72 bits per heavy atom. The van der Waals surface area contributed by atoms with Gasteiger partial charge in [-0.05, 0) is 55.5 Å². The molecule has 0 aliphatic heterocycles. The quantitative estimate of drug-likeness (QED) is 0.739. The highest BCUT2D eigenvalue weighted by molar-refractivity contribution is 6.09. The summed E-state index contributed by atoms with van der Waals surface area (Å²) in [6.07, 6.45) is 0. The van der Waals surface area contributed by atoms with E-state index >= 15 is 0 Å². The number of nitrogens with one attached hydrogen (secondary N) is 1. The summed E-state index contributed by atoms with van der Waals surface area (Å²) in [5.41, 5.74) is 2.56. The van der Waals surface area contributed by atoms with Gasteiger partial charge < -0.3 is 10.1 Å². The first kappa shape index (κ1) is 16.6. The number of hydrogen-bond acceptors (Lipinski definition) is 4. The minimum absolute atomic E-state index is 0.327. The fraction of sp³-hybridized carbons (Fsp3) is 0.105. The van der Waals surface area contributed by atoms with Gasteiger partial charge in [-0.15, -0.1) is 0 Å². The number of nitrogens with zero attached hydrogens (tertiary/aromatic N) is 1. The molecular formula is C19H15FN2O3. The van der Waals surface area contributed by atoms with E-state index in [-0.39, 0.29) is 5.91 Å². The van der Waals surface area contributed by atoms with Crippen LogP contribution in [0.2, 0.25) is 0 Å². The number of carbonyl (C=O) groups excluding carboxylic acids is 2. The molecule has 126 valence electrons. The fourth-order valence-electron chi connectivity index (χ4n) is 2.50. The number of halogens is 1. The maximum Gasteiger partial charge on any atom is 0.337 e. The van der Waals surface area contributed by atoms with Crippen molar-refractivity contribution in [2.24, 2.45) is 0 Å². The summed E-state index contributed by atoms with van der Waals surface area (Å²) < 4.78 is 17.7. The van der Waals surface area contributed by atoms with Gasteiger partial charge in [-0.1, -0.05) is 0 Å². The number of aromatic nitrogens is 1.